The van der Waals surface area contributed by atoms with E-state index in [9.17, 15) is 4.39 Å². The van der Waals surface area contributed by atoms with E-state index in [0.717, 1.165) is 43.5 Å². The first-order chi connectivity index (χ1) is 15.7. The van der Waals surface area contributed by atoms with Crippen LogP contribution in [0.15, 0.2) is 52.1 Å². The fourth-order valence-corrected chi connectivity index (χ4v) is 4.58. The van der Waals surface area contributed by atoms with Crippen LogP contribution in [-0.4, -0.2) is 75.3 Å². The number of rotatable bonds is 8. The molecule has 2 aliphatic heterocycles. The Hall–Kier alpha value is -1.69. The van der Waals surface area contributed by atoms with Gasteiger partial charge in [-0.05, 0) is 55.8 Å². The highest BCUT2D eigenvalue weighted by molar-refractivity contribution is 14.0. The maximum absolute atomic E-state index is 13.5. The largest absolute Gasteiger partial charge is 0.468 e. The van der Waals surface area contributed by atoms with Crippen LogP contribution in [0.25, 0.3) is 0 Å². The standard InChI is InChI=1S/C24H34FN5O2.HI/c1-26-24(28-18-22(23-5-4-14-32-23)29-10-2-3-11-29)27-17-21(30-12-15-31-16-13-30)19-6-8-20(25)9-7-19;/h4-9,14,21-22H,2-3,10-13,15-18H2,1H3,(H2,26,27,28);1H. The van der Waals surface area contributed by atoms with Crippen LogP contribution >= 0.6 is 24.0 Å². The number of benzene rings is 1. The second kappa shape index (κ2) is 13.3. The average molecular weight is 571 g/mol. The Bertz CT molecular complexity index is 837. The van der Waals surface area contributed by atoms with Gasteiger partial charge in [-0.2, -0.15) is 0 Å². The summed E-state index contributed by atoms with van der Waals surface area (Å²) in [6.45, 7) is 6.69. The van der Waals surface area contributed by atoms with Gasteiger partial charge in [-0.25, -0.2) is 4.39 Å². The van der Waals surface area contributed by atoms with Crippen LogP contribution < -0.4 is 10.6 Å². The molecule has 2 unspecified atom stereocenters. The SMILES string of the molecule is CN=C(NCC(c1ccc(F)cc1)N1CCOCC1)NCC(c1ccco1)N1CCCC1.I. The van der Waals surface area contributed by atoms with Gasteiger partial charge in [0, 0.05) is 33.2 Å². The topological polar surface area (TPSA) is 65.3 Å². The van der Waals surface area contributed by atoms with Crippen LogP contribution in [0.3, 0.4) is 0 Å². The average Bonchev–Trinajstić information content (AvgIpc) is 3.55. The minimum Gasteiger partial charge on any atom is -0.468 e. The maximum atomic E-state index is 13.5. The Labute approximate surface area is 212 Å². The van der Waals surface area contributed by atoms with Gasteiger partial charge in [0.1, 0.15) is 11.6 Å². The van der Waals surface area contributed by atoms with E-state index < -0.39 is 0 Å². The van der Waals surface area contributed by atoms with Gasteiger partial charge in [0.2, 0.25) is 0 Å². The molecule has 3 heterocycles. The van der Waals surface area contributed by atoms with E-state index in [1.165, 1.54) is 25.0 Å². The third-order valence-electron chi connectivity index (χ3n) is 6.34. The highest BCUT2D eigenvalue weighted by atomic mass is 127. The molecule has 4 rings (SSSR count). The molecular formula is C24H35FIN5O2. The molecular weight excluding hydrogens is 536 g/mol. The van der Waals surface area contributed by atoms with Gasteiger partial charge >= 0.3 is 0 Å². The monoisotopic (exact) mass is 571 g/mol. The van der Waals surface area contributed by atoms with E-state index in [2.05, 4.69) is 25.4 Å². The lowest BCUT2D eigenvalue weighted by Crippen LogP contribution is -2.47. The number of ether oxygens (including phenoxy) is 1. The van der Waals surface area contributed by atoms with E-state index >= 15 is 0 Å². The smallest absolute Gasteiger partial charge is 0.191 e. The van der Waals surface area contributed by atoms with Gasteiger partial charge in [0.15, 0.2) is 5.96 Å². The summed E-state index contributed by atoms with van der Waals surface area (Å²) in [5.41, 5.74) is 1.08. The summed E-state index contributed by atoms with van der Waals surface area (Å²) in [7, 11) is 1.79. The van der Waals surface area contributed by atoms with E-state index in [1.54, 1.807) is 13.3 Å². The van der Waals surface area contributed by atoms with Crippen LogP contribution in [0.4, 0.5) is 4.39 Å². The lowest BCUT2D eigenvalue weighted by atomic mass is 10.0. The summed E-state index contributed by atoms with van der Waals surface area (Å²) in [5, 5.41) is 6.97. The highest BCUT2D eigenvalue weighted by Crippen LogP contribution is 2.25. The lowest BCUT2D eigenvalue weighted by molar-refractivity contribution is 0.0170. The molecule has 0 radical (unpaired) electrons. The van der Waals surface area contributed by atoms with Crippen LogP contribution in [0.2, 0.25) is 0 Å². The van der Waals surface area contributed by atoms with Crippen LogP contribution in [0.1, 0.15) is 36.2 Å². The zero-order valence-corrected chi connectivity index (χ0v) is 21.5. The summed E-state index contributed by atoms with van der Waals surface area (Å²) in [6, 6.07) is 11.1. The van der Waals surface area contributed by atoms with E-state index in [4.69, 9.17) is 9.15 Å². The Morgan fingerprint density at radius 2 is 1.61 bits per heavy atom. The zero-order valence-electron chi connectivity index (χ0n) is 19.2. The molecule has 7 nitrogen and oxygen atoms in total. The minimum absolute atomic E-state index is 0. The van der Waals surface area contributed by atoms with Crippen molar-refractivity contribution in [1.29, 1.82) is 0 Å². The number of morpholine rings is 1. The van der Waals surface area contributed by atoms with E-state index in [-0.39, 0.29) is 41.9 Å². The second-order valence-corrected chi connectivity index (χ2v) is 8.32. The van der Waals surface area contributed by atoms with Gasteiger partial charge in [-0.1, -0.05) is 12.1 Å². The number of furan rings is 1. The second-order valence-electron chi connectivity index (χ2n) is 8.32. The van der Waals surface area contributed by atoms with Crippen molar-refractivity contribution < 1.29 is 13.5 Å². The third-order valence-corrected chi connectivity index (χ3v) is 6.34. The number of halogens is 2. The van der Waals surface area contributed by atoms with Gasteiger partial charge in [0.25, 0.3) is 0 Å². The number of hydrogen-bond donors (Lipinski definition) is 2. The predicted octanol–water partition coefficient (Wildman–Crippen LogP) is 3.41. The summed E-state index contributed by atoms with van der Waals surface area (Å²) < 4.78 is 24.7. The molecule has 1 aromatic heterocycles. The van der Waals surface area contributed by atoms with Gasteiger partial charge in [-0.15, -0.1) is 24.0 Å². The van der Waals surface area contributed by atoms with Crippen LogP contribution in [0.5, 0.6) is 0 Å². The molecule has 0 bridgehead atoms. The predicted molar refractivity (Wildman–Crippen MR) is 139 cm³/mol. The normalized spacial score (nSPS) is 19.6. The molecule has 2 fully saturated rings. The first-order valence-electron chi connectivity index (χ1n) is 11.5. The maximum Gasteiger partial charge on any atom is 0.191 e. The van der Waals surface area contributed by atoms with Crippen LogP contribution in [-0.2, 0) is 4.74 Å². The van der Waals surface area contributed by atoms with Crippen LogP contribution in [0, 0.1) is 5.82 Å². The van der Waals surface area contributed by atoms with Gasteiger partial charge in [-0.3, -0.25) is 14.8 Å². The van der Waals surface area contributed by atoms with Crippen molar-refractivity contribution in [2.75, 3.05) is 59.5 Å². The van der Waals surface area contributed by atoms with Crippen molar-refractivity contribution in [1.82, 2.24) is 20.4 Å². The molecule has 33 heavy (non-hydrogen) atoms. The van der Waals surface area contributed by atoms with Crippen molar-refractivity contribution in [3.63, 3.8) is 0 Å². The summed E-state index contributed by atoms with van der Waals surface area (Å²) in [6.07, 6.45) is 4.19. The van der Waals surface area contributed by atoms with Crippen molar-refractivity contribution in [2.24, 2.45) is 4.99 Å². The molecule has 2 N–H and O–H groups in total. The molecule has 182 valence electrons. The van der Waals surface area contributed by atoms with Gasteiger partial charge < -0.3 is 19.8 Å². The number of hydrogen-bond acceptors (Lipinski definition) is 5. The minimum atomic E-state index is -0.217. The molecule has 9 heteroatoms. The molecule has 2 saturated heterocycles. The Morgan fingerprint density at radius 3 is 2.21 bits per heavy atom. The molecule has 1 aromatic carbocycles. The van der Waals surface area contributed by atoms with Crippen molar-refractivity contribution in [3.05, 3.63) is 59.8 Å². The fraction of sp³-hybridized carbons (Fsp3) is 0.542. The Morgan fingerprint density at radius 1 is 0.970 bits per heavy atom. The lowest BCUT2D eigenvalue weighted by Gasteiger charge is -2.35. The fourth-order valence-electron chi connectivity index (χ4n) is 4.58. The third kappa shape index (κ3) is 7.14. The van der Waals surface area contributed by atoms with E-state index in [0.29, 0.717) is 26.3 Å². The van der Waals surface area contributed by atoms with Gasteiger partial charge in [0.05, 0.1) is 31.6 Å². The quantitative estimate of drug-likeness (QED) is 0.288. The molecule has 2 atom stereocenters. The molecule has 0 aliphatic carbocycles. The van der Waals surface area contributed by atoms with Crippen molar-refractivity contribution >= 4 is 29.9 Å². The zero-order chi connectivity index (χ0) is 22.2. The van der Waals surface area contributed by atoms with Crippen molar-refractivity contribution in [2.45, 2.75) is 24.9 Å². The van der Waals surface area contributed by atoms with E-state index in [1.807, 2.05) is 24.3 Å². The number of guanidine groups is 1. The molecule has 2 aromatic rings. The number of likely N-dealkylation sites (tertiary alicyclic amines) is 1. The summed E-state index contributed by atoms with van der Waals surface area (Å²) >= 11 is 0. The molecule has 0 spiro atoms. The Kier molecular flexibility index (Phi) is 10.4. The first-order valence-corrected chi connectivity index (χ1v) is 11.5. The molecule has 2 aliphatic rings. The summed E-state index contributed by atoms with van der Waals surface area (Å²) in [4.78, 5) is 9.28. The van der Waals surface area contributed by atoms with Crippen molar-refractivity contribution in [3.8, 4) is 0 Å². The number of nitrogens with one attached hydrogen (secondary N) is 2. The molecule has 0 saturated carbocycles. The first kappa shape index (κ1) is 25.9. The highest BCUT2D eigenvalue weighted by Gasteiger charge is 2.26. The number of nitrogens with zero attached hydrogens (tertiary/aromatic N) is 3. The number of aliphatic imine (C=N–C) groups is 1. The molecule has 0 amide bonds. The Balaban J connectivity index is 0.00000306. The summed E-state index contributed by atoms with van der Waals surface area (Å²) in [5.74, 6) is 1.51.